The second-order valence-electron chi connectivity index (χ2n) is 3.95. The second kappa shape index (κ2) is 4.53. The molecule has 0 aliphatic carbocycles. The van der Waals surface area contributed by atoms with Crippen molar-refractivity contribution in [2.24, 2.45) is 5.73 Å². The van der Waals surface area contributed by atoms with Crippen molar-refractivity contribution in [3.05, 3.63) is 34.9 Å². The molecule has 86 valence electrons. The predicted molar refractivity (Wildman–Crippen MR) is 62.2 cm³/mol. The molecule has 3 N–H and O–H groups in total. The van der Waals surface area contributed by atoms with Gasteiger partial charge in [-0.3, -0.25) is 9.59 Å². The molecule has 0 radical (unpaired) electrons. The summed E-state index contributed by atoms with van der Waals surface area (Å²) in [5.41, 5.74) is 4.45. The first kappa shape index (κ1) is 12.5. The van der Waals surface area contributed by atoms with Gasteiger partial charge in [-0.15, -0.1) is 0 Å². The maximum absolute atomic E-state index is 11.7. The van der Waals surface area contributed by atoms with Crippen molar-refractivity contribution in [2.75, 3.05) is 0 Å². The van der Waals surface area contributed by atoms with Crippen molar-refractivity contribution < 1.29 is 9.59 Å². The fraction of sp³-hybridized carbons (Fsp3) is 0.273. The Morgan fingerprint density at radius 3 is 2.50 bits per heavy atom. The number of amides is 2. The number of hydrogen-bond donors (Lipinski definition) is 2. The van der Waals surface area contributed by atoms with Crippen LogP contribution in [0.1, 0.15) is 24.2 Å². The smallest absolute Gasteiger partial charge is 0.252 e. The standard InChI is InChI=1S/C11H13ClN2O2/c1-11(2,10(13)16)14-9(15)7-4-3-5-8(12)6-7/h3-6H,1-2H3,(H2,13,16)(H,14,15). The molecular weight excluding hydrogens is 228 g/mol. The molecule has 0 spiro atoms. The zero-order valence-corrected chi connectivity index (χ0v) is 9.84. The highest BCUT2D eigenvalue weighted by atomic mass is 35.5. The van der Waals surface area contributed by atoms with E-state index in [2.05, 4.69) is 5.32 Å². The molecule has 0 bridgehead atoms. The van der Waals surface area contributed by atoms with Gasteiger partial charge in [0.05, 0.1) is 0 Å². The molecule has 1 aromatic carbocycles. The van der Waals surface area contributed by atoms with Gasteiger partial charge in [0.1, 0.15) is 5.54 Å². The van der Waals surface area contributed by atoms with Crippen LogP contribution in [-0.4, -0.2) is 17.4 Å². The maximum atomic E-state index is 11.7. The SMILES string of the molecule is CC(C)(NC(=O)c1cccc(Cl)c1)C(N)=O. The molecular formula is C11H13ClN2O2. The van der Waals surface area contributed by atoms with Crippen molar-refractivity contribution in [3.8, 4) is 0 Å². The Kier molecular flexibility index (Phi) is 3.55. The number of nitrogens with two attached hydrogens (primary N) is 1. The summed E-state index contributed by atoms with van der Waals surface area (Å²) in [6.07, 6.45) is 0. The summed E-state index contributed by atoms with van der Waals surface area (Å²) in [6.45, 7) is 3.08. The summed E-state index contributed by atoms with van der Waals surface area (Å²) in [6, 6.07) is 6.46. The first-order chi connectivity index (χ1) is 7.33. The average molecular weight is 241 g/mol. The van der Waals surface area contributed by atoms with Crippen LogP contribution in [0, 0.1) is 0 Å². The van der Waals surface area contributed by atoms with E-state index >= 15 is 0 Å². The first-order valence-electron chi connectivity index (χ1n) is 4.71. The fourth-order valence-corrected chi connectivity index (χ4v) is 1.24. The third-order valence-corrected chi connectivity index (χ3v) is 2.36. The van der Waals surface area contributed by atoms with Crippen LogP contribution < -0.4 is 11.1 Å². The Morgan fingerprint density at radius 2 is 2.00 bits per heavy atom. The molecule has 0 atom stereocenters. The molecule has 0 aliphatic rings. The summed E-state index contributed by atoms with van der Waals surface area (Å²) in [4.78, 5) is 22.8. The van der Waals surface area contributed by atoms with Gasteiger partial charge in [-0.1, -0.05) is 17.7 Å². The molecule has 1 rings (SSSR count). The minimum absolute atomic E-state index is 0.383. The van der Waals surface area contributed by atoms with E-state index in [9.17, 15) is 9.59 Å². The molecule has 0 aromatic heterocycles. The maximum Gasteiger partial charge on any atom is 0.252 e. The van der Waals surface area contributed by atoms with E-state index < -0.39 is 11.4 Å². The topological polar surface area (TPSA) is 72.2 Å². The minimum atomic E-state index is -1.08. The highest BCUT2D eigenvalue weighted by molar-refractivity contribution is 6.31. The normalized spacial score (nSPS) is 10.9. The molecule has 0 fully saturated rings. The van der Waals surface area contributed by atoms with Crippen molar-refractivity contribution >= 4 is 23.4 Å². The van der Waals surface area contributed by atoms with Gasteiger partial charge in [0.15, 0.2) is 0 Å². The van der Waals surface area contributed by atoms with E-state index in [0.717, 1.165) is 0 Å². The van der Waals surface area contributed by atoms with E-state index in [1.165, 1.54) is 19.9 Å². The summed E-state index contributed by atoms with van der Waals surface area (Å²) >= 11 is 5.75. The number of hydrogen-bond acceptors (Lipinski definition) is 2. The molecule has 0 saturated heterocycles. The molecule has 1 aromatic rings. The molecule has 16 heavy (non-hydrogen) atoms. The number of benzene rings is 1. The Labute approximate surface area is 98.8 Å². The molecule has 0 aliphatic heterocycles. The van der Waals surface area contributed by atoms with Crippen LogP contribution >= 0.6 is 11.6 Å². The summed E-state index contributed by atoms with van der Waals surface area (Å²) < 4.78 is 0. The average Bonchev–Trinajstić information content (AvgIpc) is 2.16. The van der Waals surface area contributed by atoms with Crippen molar-refractivity contribution in [1.82, 2.24) is 5.32 Å². The van der Waals surface area contributed by atoms with E-state index in [0.29, 0.717) is 10.6 Å². The van der Waals surface area contributed by atoms with Gasteiger partial charge >= 0.3 is 0 Å². The quantitative estimate of drug-likeness (QED) is 0.837. The highest BCUT2D eigenvalue weighted by Gasteiger charge is 2.27. The van der Waals surface area contributed by atoms with Gasteiger partial charge in [0.2, 0.25) is 5.91 Å². The van der Waals surface area contributed by atoms with Crippen LogP contribution in [0.25, 0.3) is 0 Å². The monoisotopic (exact) mass is 240 g/mol. The zero-order valence-electron chi connectivity index (χ0n) is 9.08. The van der Waals surface area contributed by atoms with Crippen LogP contribution in [0.2, 0.25) is 5.02 Å². The third kappa shape index (κ3) is 2.97. The molecule has 0 unspecified atom stereocenters. The van der Waals surface area contributed by atoms with Crippen molar-refractivity contribution in [3.63, 3.8) is 0 Å². The fourth-order valence-electron chi connectivity index (χ4n) is 1.05. The molecule has 5 heteroatoms. The Bertz CT molecular complexity index is 430. The predicted octanol–water partition coefficient (Wildman–Crippen LogP) is 1.33. The van der Waals surface area contributed by atoms with Crippen molar-refractivity contribution in [2.45, 2.75) is 19.4 Å². The number of carbonyl (C=O) groups excluding carboxylic acids is 2. The highest BCUT2D eigenvalue weighted by Crippen LogP contribution is 2.11. The zero-order chi connectivity index (χ0) is 12.3. The number of rotatable bonds is 3. The van der Waals surface area contributed by atoms with E-state index in [1.54, 1.807) is 18.2 Å². The van der Waals surface area contributed by atoms with Crippen LogP contribution in [0.15, 0.2) is 24.3 Å². The molecule has 0 saturated carbocycles. The molecule has 2 amide bonds. The minimum Gasteiger partial charge on any atom is -0.368 e. The third-order valence-electron chi connectivity index (χ3n) is 2.13. The Morgan fingerprint density at radius 1 is 1.38 bits per heavy atom. The second-order valence-corrected chi connectivity index (χ2v) is 4.39. The van der Waals surface area contributed by atoms with E-state index in [4.69, 9.17) is 17.3 Å². The number of carbonyl (C=O) groups is 2. The lowest BCUT2D eigenvalue weighted by molar-refractivity contribution is -0.122. The molecule has 4 nitrogen and oxygen atoms in total. The van der Waals surface area contributed by atoms with Crippen molar-refractivity contribution in [1.29, 1.82) is 0 Å². The van der Waals surface area contributed by atoms with Gasteiger partial charge in [-0.05, 0) is 32.0 Å². The van der Waals surface area contributed by atoms with E-state index in [1.807, 2.05) is 0 Å². The number of nitrogens with one attached hydrogen (secondary N) is 1. The molecule has 0 heterocycles. The lowest BCUT2D eigenvalue weighted by atomic mass is 10.0. The summed E-state index contributed by atoms with van der Waals surface area (Å²) in [5, 5.41) is 2.99. The lowest BCUT2D eigenvalue weighted by Gasteiger charge is -2.22. The largest absolute Gasteiger partial charge is 0.368 e. The van der Waals surface area contributed by atoms with Gasteiger partial charge < -0.3 is 11.1 Å². The van der Waals surface area contributed by atoms with Gasteiger partial charge in [-0.25, -0.2) is 0 Å². The lowest BCUT2D eigenvalue weighted by Crippen LogP contribution is -2.52. The Hall–Kier alpha value is -1.55. The van der Waals surface area contributed by atoms with Gasteiger partial charge in [-0.2, -0.15) is 0 Å². The first-order valence-corrected chi connectivity index (χ1v) is 5.09. The van der Waals surface area contributed by atoms with Crippen LogP contribution in [0.5, 0.6) is 0 Å². The van der Waals surface area contributed by atoms with Crippen LogP contribution in [-0.2, 0) is 4.79 Å². The Balaban J connectivity index is 2.85. The van der Waals surface area contributed by atoms with Gasteiger partial charge in [0.25, 0.3) is 5.91 Å². The summed E-state index contributed by atoms with van der Waals surface area (Å²) in [5.74, 6) is -0.978. The van der Waals surface area contributed by atoms with Gasteiger partial charge in [0, 0.05) is 10.6 Å². The summed E-state index contributed by atoms with van der Waals surface area (Å²) in [7, 11) is 0. The number of halogens is 1. The number of primary amides is 1. The van der Waals surface area contributed by atoms with Crippen LogP contribution in [0.3, 0.4) is 0 Å². The van der Waals surface area contributed by atoms with Crippen LogP contribution in [0.4, 0.5) is 0 Å². The van der Waals surface area contributed by atoms with E-state index in [-0.39, 0.29) is 5.91 Å².